The van der Waals surface area contributed by atoms with Crippen LogP contribution in [0.15, 0.2) is 48.5 Å². The third-order valence-electron chi connectivity index (χ3n) is 4.71. The summed E-state index contributed by atoms with van der Waals surface area (Å²) >= 11 is 1.01. The van der Waals surface area contributed by atoms with Crippen LogP contribution in [0.5, 0.6) is 0 Å². The van der Waals surface area contributed by atoms with Crippen LogP contribution in [0.1, 0.15) is 31.8 Å². The molecule has 2 aliphatic heterocycles. The zero-order valence-electron chi connectivity index (χ0n) is 14.3. The highest BCUT2D eigenvalue weighted by Crippen LogP contribution is 2.24. The minimum absolute atomic E-state index is 0.249. The summed E-state index contributed by atoms with van der Waals surface area (Å²) < 4.78 is 0. The van der Waals surface area contributed by atoms with Crippen LogP contribution >= 0.6 is 11.8 Å². The molecule has 2 heterocycles. The van der Waals surface area contributed by atoms with Crippen molar-refractivity contribution in [2.24, 2.45) is 0 Å². The van der Waals surface area contributed by atoms with Crippen LogP contribution in [0.2, 0.25) is 0 Å². The molecule has 4 rings (SSSR count). The molecule has 27 heavy (non-hydrogen) atoms. The summed E-state index contributed by atoms with van der Waals surface area (Å²) in [5.74, 6) is -0.748. The lowest BCUT2D eigenvalue weighted by Gasteiger charge is -2.14. The SMILES string of the molecule is O=C1NC(=O)C(Cc2ccc(CCN3C(=O)c4ccccc4C3=O)cc2)S1. The van der Waals surface area contributed by atoms with Gasteiger partial charge in [-0.2, -0.15) is 0 Å². The van der Waals surface area contributed by atoms with E-state index in [1.165, 1.54) is 4.90 Å². The van der Waals surface area contributed by atoms with Crippen LogP contribution < -0.4 is 5.32 Å². The fourth-order valence-electron chi connectivity index (χ4n) is 3.27. The second-order valence-electron chi connectivity index (χ2n) is 6.46. The number of imide groups is 2. The molecular formula is C20H16N2O4S. The van der Waals surface area contributed by atoms with Crippen LogP contribution in [0.25, 0.3) is 0 Å². The molecule has 0 saturated carbocycles. The zero-order chi connectivity index (χ0) is 19.0. The molecule has 2 aromatic rings. The minimum atomic E-state index is -0.387. The third kappa shape index (κ3) is 3.38. The summed E-state index contributed by atoms with van der Waals surface area (Å²) in [4.78, 5) is 48.9. The average Bonchev–Trinajstić information content (AvgIpc) is 3.11. The van der Waals surface area contributed by atoms with Crippen molar-refractivity contribution in [2.75, 3.05) is 6.54 Å². The molecule has 1 fully saturated rings. The van der Waals surface area contributed by atoms with Crippen molar-refractivity contribution in [3.8, 4) is 0 Å². The van der Waals surface area contributed by atoms with E-state index >= 15 is 0 Å². The Kier molecular flexibility index (Phi) is 4.53. The summed E-state index contributed by atoms with van der Waals surface area (Å²) in [5, 5.41) is 1.59. The van der Waals surface area contributed by atoms with Gasteiger partial charge in [-0.1, -0.05) is 48.2 Å². The Labute approximate surface area is 159 Å². The number of carbonyl (C=O) groups is 4. The van der Waals surface area contributed by atoms with Crippen molar-refractivity contribution in [2.45, 2.75) is 18.1 Å². The molecule has 1 unspecified atom stereocenters. The lowest BCUT2D eigenvalue weighted by molar-refractivity contribution is -0.118. The molecule has 136 valence electrons. The Morgan fingerprint density at radius 1 is 0.852 bits per heavy atom. The molecule has 2 aliphatic rings. The normalized spacial score (nSPS) is 18.8. The van der Waals surface area contributed by atoms with Gasteiger partial charge in [-0.25, -0.2) is 0 Å². The fourth-order valence-corrected chi connectivity index (χ4v) is 4.13. The van der Waals surface area contributed by atoms with Gasteiger partial charge in [0.05, 0.1) is 16.4 Å². The summed E-state index contributed by atoms with van der Waals surface area (Å²) in [6.45, 7) is 0.321. The van der Waals surface area contributed by atoms with Crippen molar-refractivity contribution in [3.63, 3.8) is 0 Å². The van der Waals surface area contributed by atoms with Crippen LogP contribution in [0, 0.1) is 0 Å². The number of benzene rings is 2. The molecule has 7 heteroatoms. The van der Waals surface area contributed by atoms with Gasteiger partial charge in [0.25, 0.3) is 17.1 Å². The number of carbonyl (C=O) groups excluding carboxylic acids is 4. The number of thioether (sulfide) groups is 1. The monoisotopic (exact) mass is 380 g/mol. The lowest BCUT2D eigenvalue weighted by atomic mass is 10.0. The molecule has 1 N–H and O–H groups in total. The largest absolute Gasteiger partial charge is 0.286 e. The van der Waals surface area contributed by atoms with Gasteiger partial charge in [0.1, 0.15) is 0 Å². The van der Waals surface area contributed by atoms with E-state index in [2.05, 4.69) is 5.32 Å². The first-order valence-corrected chi connectivity index (χ1v) is 9.45. The van der Waals surface area contributed by atoms with Crippen molar-refractivity contribution in [1.82, 2.24) is 10.2 Å². The zero-order valence-corrected chi connectivity index (χ0v) is 15.1. The number of rotatable bonds is 5. The van der Waals surface area contributed by atoms with Gasteiger partial charge in [0.15, 0.2) is 0 Å². The quantitative estimate of drug-likeness (QED) is 0.806. The molecule has 4 amide bonds. The van der Waals surface area contributed by atoms with Crippen LogP contribution in [-0.4, -0.2) is 39.7 Å². The van der Waals surface area contributed by atoms with Gasteiger partial charge in [-0.05, 0) is 36.1 Å². The van der Waals surface area contributed by atoms with E-state index in [-0.39, 0.29) is 28.2 Å². The summed E-state index contributed by atoms with van der Waals surface area (Å²) in [6, 6.07) is 14.5. The van der Waals surface area contributed by atoms with E-state index in [0.717, 1.165) is 22.9 Å². The molecule has 0 bridgehead atoms. The number of amides is 4. The predicted molar refractivity (Wildman–Crippen MR) is 101 cm³/mol. The number of nitrogens with one attached hydrogen (secondary N) is 1. The highest BCUT2D eigenvalue weighted by atomic mass is 32.2. The number of hydrogen-bond donors (Lipinski definition) is 1. The maximum Gasteiger partial charge on any atom is 0.286 e. The van der Waals surface area contributed by atoms with Gasteiger partial charge in [-0.3, -0.25) is 29.4 Å². The average molecular weight is 380 g/mol. The summed E-state index contributed by atoms with van der Waals surface area (Å²) in [5.41, 5.74) is 2.87. The fraction of sp³-hybridized carbons (Fsp3) is 0.200. The first kappa shape index (κ1) is 17.5. The van der Waals surface area contributed by atoms with Crippen LogP contribution in [-0.2, 0) is 17.6 Å². The molecule has 1 atom stereocenters. The molecule has 0 aromatic heterocycles. The van der Waals surface area contributed by atoms with Gasteiger partial charge < -0.3 is 0 Å². The minimum Gasteiger partial charge on any atom is -0.286 e. The Bertz CT molecular complexity index is 920. The van der Waals surface area contributed by atoms with Gasteiger partial charge >= 0.3 is 0 Å². The second kappa shape index (κ2) is 7.00. The molecule has 0 radical (unpaired) electrons. The van der Waals surface area contributed by atoms with Gasteiger partial charge in [0, 0.05) is 6.54 Å². The maximum atomic E-state index is 12.4. The van der Waals surface area contributed by atoms with Crippen LogP contribution in [0.4, 0.5) is 4.79 Å². The number of nitrogens with zero attached hydrogens (tertiary/aromatic N) is 1. The summed E-state index contributed by atoms with van der Waals surface area (Å²) in [7, 11) is 0. The van der Waals surface area contributed by atoms with E-state index < -0.39 is 0 Å². The summed E-state index contributed by atoms with van der Waals surface area (Å²) in [6.07, 6.45) is 1.05. The lowest BCUT2D eigenvalue weighted by Crippen LogP contribution is -2.31. The van der Waals surface area contributed by atoms with Gasteiger partial charge in [0.2, 0.25) is 5.91 Å². The first-order valence-electron chi connectivity index (χ1n) is 8.57. The third-order valence-corrected chi connectivity index (χ3v) is 5.69. The predicted octanol–water partition coefficient (Wildman–Crippen LogP) is 2.42. The molecule has 6 nitrogen and oxygen atoms in total. The molecule has 2 aromatic carbocycles. The number of fused-ring (bicyclic) bond motifs is 1. The highest BCUT2D eigenvalue weighted by molar-refractivity contribution is 8.15. The van der Waals surface area contributed by atoms with Crippen molar-refractivity contribution in [1.29, 1.82) is 0 Å². The second-order valence-corrected chi connectivity index (χ2v) is 7.64. The van der Waals surface area contributed by atoms with Crippen LogP contribution in [0.3, 0.4) is 0 Å². The van der Waals surface area contributed by atoms with Crippen molar-refractivity contribution in [3.05, 3.63) is 70.8 Å². The number of hydrogen-bond acceptors (Lipinski definition) is 5. The van der Waals surface area contributed by atoms with Gasteiger partial charge in [-0.15, -0.1) is 0 Å². The Morgan fingerprint density at radius 3 is 2.00 bits per heavy atom. The van der Waals surface area contributed by atoms with E-state index in [9.17, 15) is 19.2 Å². The van der Waals surface area contributed by atoms with E-state index in [0.29, 0.717) is 30.5 Å². The highest BCUT2D eigenvalue weighted by Gasteiger charge is 2.34. The first-order chi connectivity index (χ1) is 13.0. The van der Waals surface area contributed by atoms with Crippen molar-refractivity contribution < 1.29 is 19.2 Å². The maximum absolute atomic E-state index is 12.4. The smallest absolute Gasteiger partial charge is 0.286 e. The standard InChI is InChI=1S/C20H16N2O4S/c23-17-16(27-20(26)21-17)11-13-7-5-12(6-8-13)9-10-22-18(24)14-3-1-2-4-15(14)19(22)25/h1-8,16H,9-11H2,(H,21,23,26). The van der Waals surface area contributed by atoms with E-state index in [1.54, 1.807) is 24.3 Å². The topological polar surface area (TPSA) is 83.6 Å². The van der Waals surface area contributed by atoms with E-state index in [1.807, 2.05) is 24.3 Å². The Balaban J connectivity index is 1.37. The molecule has 0 aliphatic carbocycles. The molecule has 0 spiro atoms. The van der Waals surface area contributed by atoms with Crippen molar-refractivity contribution >= 4 is 34.7 Å². The molecule has 1 saturated heterocycles. The Morgan fingerprint density at radius 2 is 1.44 bits per heavy atom. The van der Waals surface area contributed by atoms with E-state index in [4.69, 9.17) is 0 Å². The molecular weight excluding hydrogens is 364 g/mol. The Hall–Kier alpha value is -2.93.